The van der Waals surface area contributed by atoms with Crippen molar-refractivity contribution in [2.45, 2.75) is 12.8 Å². The zero-order valence-electron chi connectivity index (χ0n) is 15.2. The number of rotatable bonds is 8. The summed E-state index contributed by atoms with van der Waals surface area (Å²) in [5, 5.41) is 4.37. The third-order valence-electron chi connectivity index (χ3n) is 4.22. The molecule has 0 unspecified atom stereocenters. The van der Waals surface area contributed by atoms with Crippen LogP contribution in [0.25, 0.3) is 5.69 Å². The number of benzene rings is 2. The average Bonchev–Trinajstić information content (AvgIpc) is 3.17. The van der Waals surface area contributed by atoms with E-state index in [-0.39, 0.29) is 5.91 Å². The Labute approximate surface area is 167 Å². The number of amides is 1. The van der Waals surface area contributed by atoms with Crippen molar-refractivity contribution in [3.63, 3.8) is 0 Å². The first-order valence-electron chi connectivity index (χ1n) is 8.83. The van der Waals surface area contributed by atoms with E-state index in [1.54, 1.807) is 11.9 Å². The number of halogens is 1. The van der Waals surface area contributed by atoms with E-state index in [2.05, 4.69) is 21.0 Å². The molecule has 6 heteroatoms. The summed E-state index contributed by atoms with van der Waals surface area (Å²) in [6.45, 7) is 1.02. The van der Waals surface area contributed by atoms with Gasteiger partial charge in [0.1, 0.15) is 12.4 Å². The van der Waals surface area contributed by atoms with Crippen LogP contribution >= 0.6 is 15.9 Å². The summed E-state index contributed by atoms with van der Waals surface area (Å²) < 4.78 is 8.51. The first kappa shape index (κ1) is 19.2. The number of carbonyl (C=O) groups is 1. The lowest BCUT2D eigenvalue weighted by Crippen LogP contribution is -2.31. The minimum absolute atomic E-state index is 0.0990. The third kappa shape index (κ3) is 5.69. The number of hydrogen-bond donors (Lipinski definition) is 0. The van der Waals surface area contributed by atoms with Gasteiger partial charge >= 0.3 is 0 Å². The molecule has 3 aromatic rings. The predicted octanol–water partition coefficient (Wildman–Crippen LogP) is 4.10. The molecule has 0 aliphatic carbocycles. The monoisotopic (exact) mass is 427 g/mol. The van der Waals surface area contributed by atoms with Crippen LogP contribution in [0.4, 0.5) is 0 Å². The number of carbonyl (C=O) groups excluding carboxylic acids is 1. The molecule has 0 aliphatic heterocycles. The van der Waals surface area contributed by atoms with Crippen LogP contribution in [0.3, 0.4) is 0 Å². The number of aryl methyl sites for hydroxylation is 1. The minimum atomic E-state index is 0.0990. The number of nitrogens with zero attached hydrogens (tertiary/aromatic N) is 3. The molecule has 0 radical (unpaired) electrons. The van der Waals surface area contributed by atoms with E-state index in [0.29, 0.717) is 26.0 Å². The van der Waals surface area contributed by atoms with Crippen molar-refractivity contribution in [3.8, 4) is 11.4 Å². The number of para-hydroxylation sites is 1. The van der Waals surface area contributed by atoms with Crippen LogP contribution in [0.2, 0.25) is 0 Å². The lowest BCUT2D eigenvalue weighted by molar-refractivity contribution is -0.130. The van der Waals surface area contributed by atoms with E-state index in [4.69, 9.17) is 4.74 Å². The third-order valence-corrected chi connectivity index (χ3v) is 4.75. The molecule has 1 amide bonds. The predicted molar refractivity (Wildman–Crippen MR) is 109 cm³/mol. The molecule has 0 atom stereocenters. The number of aromatic nitrogens is 2. The van der Waals surface area contributed by atoms with Crippen LogP contribution in [-0.4, -0.2) is 40.8 Å². The van der Waals surface area contributed by atoms with Crippen molar-refractivity contribution in [2.75, 3.05) is 20.2 Å². The maximum atomic E-state index is 12.3. The maximum absolute atomic E-state index is 12.3. The summed E-state index contributed by atoms with van der Waals surface area (Å²) in [4.78, 5) is 14.0. The van der Waals surface area contributed by atoms with Crippen LogP contribution in [0, 0.1) is 0 Å². The average molecular weight is 428 g/mol. The van der Waals surface area contributed by atoms with E-state index in [1.807, 2.05) is 71.7 Å². The highest BCUT2D eigenvalue weighted by molar-refractivity contribution is 9.10. The highest BCUT2D eigenvalue weighted by atomic mass is 79.9. The van der Waals surface area contributed by atoms with Gasteiger partial charge in [0.15, 0.2) is 0 Å². The summed E-state index contributed by atoms with van der Waals surface area (Å²) in [6.07, 6.45) is 4.91. The molecule has 0 fully saturated rings. The summed E-state index contributed by atoms with van der Waals surface area (Å²) >= 11 is 3.39. The van der Waals surface area contributed by atoms with Crippen LogP contribution in [0.5, 0.6) is 5.75 Å². The maximum Gasteiger partial charge on any atom is 0.222 e. The molecular weight excluding hydrogens is 406 g/mol. The molecule has 0 bridgehead atoms. The summed E-state index contributed by atoms with van der Waals surface area (Å²) in [5.74, 6) is 0.897. The minimum Gasteiger partial charge on any atom is -0.492 e. The first-order chi connectivity index (χ1) is 13.1. The second-order valence-electron chi connectivity index (χ2n) is 6.25. The summed E-state index contributed by atoms with van der Waals surface area (Å²) in [7, 11) is 1.81. The Kier molecular flexibility index (Phi) is 6.65. The number of hydrogen-bond acceptors (Lipinski definition) is 3. The van der Waals surface area contributed by atoms with E-state index < -0.39 is 0 Å². The van der Waals surface area contributed by atoms with Crippen molar-refractivity contribution >= 4 is 21.8 Å². The van der Waals surface area contributed by atoms with Crippen LogP contribution in [0.1, 0.15) is 12.0 Å². The van der Waals surface area contributed by atoms with Crippen molar-refractivity contribution in [1.29, 1.82) is 0 Å². The molecule has 5 nitrogen and oxygen atoms in total. The van der Waals surface area contributed by atoms with Crippen molar-refractivity contribution in [2.24, 2.45) is 0 Å². The van der Waals surface area contributed by atoms with Crippen LogP contribution in [-0.2, 0) is 11.2 Å². The zero-order valence-corrected chi connectivity index (χ0v) is 16.8. The Morgan fingerprint density at radius 1 is 1.15 bits per heavy atom. The van der Waals surface area contributed by atoms with E-state index >= 15 is 0 Å². The van der Waals surface area contributed by atoms with Gasteiger partial charge in [0.05, 0.1) is 18.4 Å². The number of likely N-dealkylation sites (N-methyl/N-ethyl adjacent to an activating group) is 1. The van der Waals surface area contributed by atoms with Gasteiger partial charge in [0, 0.05) is 24.1 Å². The standard InChI is InChI=1S/C21H22BrN3O2/c1-24(13-14-27-20-10-8-18(22)9-11-20)21(26)12-7-17-15-23-25(16-17)19-5-3-2-4-6-19/h2-6,8-11,15-16H,7,12-14H2,1H3. The van der Waals surface area contributed by atoms with Gasteiger partial charge in [-0.2, -0.15) is 5.10 Å². The van der Waals surface area contributed by atoms with Gasteiger partial charge in [0.2, 0.25) is 5.91 Å². The molecule has 0 spiro atoms. The fourth-order valence-corrected chi connectivity index (χ4v) is 2.87. The lowest BCUT2D eigenvalue weighted by atomic mass is 10.2. The summed E-state index contributed by atoms with van der Waals surface area (Å²) in [5.41, 5.74) is 2.06. The molecule has 27 heavy (non-hydrogen) atoms. The van der Waals surface area contributed by atoms with Gasteiger partial charge in [-0.05, 0) is 48.4 Å². The van der Waals surface area contributed by atoms with Gasteiger partial charge in [-0.3, -0.25) is 4.79 Å². The first-order valence-corrected chi connectivity index (χ1v) is 9.62. The highest BCUT2D eigenvalue weighted by Gasteiger charge is 2.10. The fourth-order valence-electron chi connectivity index (χ4n) is 2.61. The Morgan fingerprint density at radius 3 is 2.63 bits per heavy atom. The Balaban J connectivity index is 1.42. The normalized spacial score (nSPS) is 10.6. The van der Waals surface area contributed by atoms with Gasteiger partial charge in [-0.1, -0.05) is 34.1 Å². The van der Waals surface area contributed by atoms with Gasteiger partial charge in [0.25, 0.3) is 0 Å². The second kappa shape index (κ2) is 9.37. The Hall–Kier alpha value is -2.60. The number of ether oxygens (including phenoxy) is 1. The lowest BCUT2D eigenvalue weighted by Gasteiger charge is -2.17. The topological polar surface area (TPSA) is 47.4 Å². The largest absolute Gasteiger partial charge is 0.492 e. The van der Waals surface area contributed by atoms with Crippen molar-refractivity contribution in [1.82, 2.24) is 14.7 Å². The van der Waals surface area contributed by atoms with Crippen molar-refractivity contribution < 1.29 is 9.53 Å². The quantitative estimate of drug-likeness (QED) is 0.543. The zero-order chi connectivity index (χ0) is 19.1. The van der Waals surface area contributed by atoms with E-state index in [9.17, 15) is 4.79 Å². The van der Waals surface area contributed by atoms with Crippen LogP contribution < -0.4 is 4.74 Å². The molecule has 2 aromatic carbocycles. The SMILES string of the molecule is CN(CCOc1ccc(Br)cc1)C(=O)CCc1cnn(-c2ccccc2)c1. The van der Waals surface area contributed by atoms with Gasteiger partial charge in [-0.15, -0.1) is 0 Å². The summed E-state index contributed by atoms with van der Waals surface area (Å²) in [6, 6.07) is 17.6. The Bertz CT molecular complexity index is 863. The van der Waals surface area contributed by atoms with Gasteiger partial charge < -0.3 is 9.64 Å². The van der Waals surface area contributed by atoms with Gasteiger partial charge in [-0.25, -0.2) is 4.68 Å². The van der Waals surface area contributed by atoms with E-state index in [0.717, 1.165) is 21.5 Å². The van der Waals surface area contributed by atoms with Crippen molar-refractivity contribution in [3.05, 3.63) is 77.0 Å². The molecule has 0 N–H and O–H groups in total. The second-order valence-corrected chi connectivity index (χ2v) is 7.16. The molecular formula is C21H22BrN3O2. The highest BCUT2D eigenvalue weighted by Crippen LogP contribution is 2.16. The molecule has 0 saturated carbocycles. The Morgan fingerprint density at radius 2 is 1.89 bits per heavy atom. The molecule has 0 aliphatic rings. The molecule has 140 valence electrons. The fraction of sp³-hybridized carbons (Fsp3) is 0.238. The molecule has 1 aromatic heterocycles. The molecule has 1 heterocycles. The van der Waals surface area contributed by atoms with E-state index in [1.165, 1.54) is 0 Å². The molecule has 3 rings (SSSR count). The smallest absolute Gasteiger partial charge is 0.222 e. The van der Waals surface area contributed by atoms with Crippen LogP contribution in [0.15, 0.2) is 71.5 Å². The molecule has 0 saturated heterocycles.